The van der Waals surface area contributed by atoms with E-state index in [-0.39, 0.29) is 23.5 Å². The maximum atomic E-state index is 14.4. The van der Waals surface area contributed by atoms with Crippen LogP contribution in [0.5, 0.6) is 11.5 Å². The summed E-state index contributed by atoms with van der Waals surface area (Å²) < 4.78 is 5.58. The number of ether oxygens (including phenoxy) is 1. The molecule has 4 aromatic carbocycles. The molecule has 192 valence electrons. The van der Waals surface area contributed by atoms with Gasteiger partial charge in [-0.25, -0.2) is 4.90 Å². The molecule has 4 aliphatic rings. The minimum absolute atomic E-state index is 0.156. The third kappa shape index (κ3) is 3.24. The van der Waals surface area contributed by atoms with Crippen molar-refractivity contribution in [3.8, 4) is 11.5 Å². The Morgan fingerprint density at radius 2 is 1.46 bits per heavy atom. The molecule has 0 aromatic heterocycles. The van der Waals surface area contributed by atoms with Gasteiger partial charge in [-0.1, -0.05) is 48.5 Å². The van der Waals surface area contributed by atoms with Crippen molar-refractivity contribution >= 4 is 29.4 Å². The van der Waals surface area contributed by atoms with Crippen LogP contribution >= 0.6 is 0 Å². The van der Waals surface area contributed by atoms with Crippen LogP contribution < -0.4 is 9.64 Å². The van der Waals surface area contributed by atoms with Gasteiger partial charge in [-0.15, -0.1) is 0 Å². The molecule has 1 N–H and O–H groups in total. The van der Waals surface area contributed by atoms with Gasteiger partial charge >= 0.3 is 0 Å². The van der Waals surface area contributed by atoms with Gasteiger partial charge in [-0.3, -0.25) is 14.6 Å². The summed E-state index contributed by atoms with van der Waals surface area (Å²) in [5.74, 6) is -0.993. The summed E-state index contributed by atoms with van der Waals surface area (Å²) in [7, 11) is 0. The maximum absolute atomic E-state index is 14.4. The highest BCUT2D eigenvalue weighted by Crippen LogP contribution is 2.63. The van der Waals surface area contributed by atoms with E-state index in [9.17, 15) is 14.7 Å². The summed E-state index contributed by atoms with van der Waals surface area (Å²) in [6, 6.07) is 30.0. The van der Waals surface area contributed by atoms with Crippen molar-refractivity contribution in [2.75, 3.05) is 11.5 Å². The zero-order valence-electron chi connectivity index (χ0n) is 21.3. The lowest BCUT2D eigenvalue weighted by molar-refractivity contribution is -0.122. The Labute approximate surface area is 226 Å². The Kier molecular flexibility index (Phi) is 5.20. The van der Waals surface area contributed by atoms with E-state index in [1.165, 1.54) is 4.90 Å². The van der Waals surface area contributed by atoms with Crippen molar-refractivity contribution in [3.05, 3.63) is 119 Å². The second-order valence-corrected chi connectivity index (χ2v) is 10.2. The molecule has 4 aromatic rings. The number of anilines is 1. The second kappa shape index (κ2) is 8.67. The zero-order valence-corrected chi connectivity index (χ0v) is 21.3. The maximum Gasteiger partial charge on any atom is 0.239 e. The molecule has 6 heteroatoms. The monoisotopic (exact) mass is 514 g/mol. The fourth-order valence-corrected chi connectivity index (χ4v) is 6.88. The van der Waals surface area contributed by atoms with Crippen LogP contribution in [0.3, 0.4) is 0 Å². The van der Waals surface area contributed by atoms with E-state index in [1.807, 2.05) is 37.4 Å². The van der Waals surface area contributed by atoms with E-state index in [1.54, 1.807) is 48.5 Å². The fourth-order valence-electron chi connectivity index (χ4n) is 6.88. The largest absolute Gasteiger partial charge is 0.508 e. The van der Waals surface area contributed by atoms with Gasteiger partial charge in [0.15, 0.2) is 0 Å². The van der Waals surface area contributed by atoms with Gasteiger partial charge in [0, 0.05) is 12.1 Å². The summed E-state index contributed by atoms with van der Waals surface area (Å²) in [5, 5.41) is 9.76. The third-order valence-electron chi connectivity index (χ3n) is 8.36. The number of phenols is 1. The number of nitrogens with zero attached hydrogens (tertiary/aromatic N) is 2. The van der Waals surface area contributed by atoms with Crippen molar-refractivity contribution in [1.29, 1.82) is 0 Å². The molecule has 0 spiro atoms. The van der Waals surface area contributed by atoms with Crippen LogP contribution in [0.2, 0.25) is 0 Å². The predicted molar refractivity (Wildman–Crippen MR) is 149 cm³/mol. The van der Waals surface area contributed by atoms with Crippen LogP contribution in [0.15, 0.2) is 102 Å². The number of hydrogen-bond acceptors (Lipinski definition) is 5. The number of aromatic hydroxyl groups is 1. The molecule has 2 bridgehead atoms. The molecule has 2 unspecified atom stereocenters. The Morgan fingerprint density at radius 1 is 0.846 bits per heavy atom. The minimum Gasteiger partial charge on any atom is -0.508 e. The molecule has 0 saturated carbocycles. The number of hydrogen-bond donors (Lipinski definition) is 1. The zero-order chi connectivity index (χ0) is 26.7. The van der Waals surface area contributed by atoms with Gasteiger partial charge in [-0.05, 0) is 77.7 Å². The number of phenolic OH excluding ortho intramolecular Hbond substituents is 1. The van der Waals surface area contributed by atoms with Gasteiger partial charge in [-0.2, -0.15) is 0 Å². The molecule has 8 rings (SSSR count). The predicted octanol–water partition coefficient (Wildman–Crippen LogP) is 5.74. The number of rotatable bonds is 5. The number of imide groups is 1. The summed E-state index contributed by atoms with van der Waals surface area (Å²) in [5.41, 5.74) is 4.40. The lowest BCUT2D eigenvalue weighted by Crippen LogP contribution is -2.54. The molecular weight excluding hydrogens is 488 g/mol. The Hall–Kier alpha value is -4.71. The quantitative estimate of drug-likeness (QED) is 0.272. The molecule has 1 fully saturated rings. The van der Waals surface area contributed by atoms with Crippen molar-refractivity contribution in [1.82, 2.24) is 0 Å². The number of carbonyl (C=O) groups excluding carboxylic acids is 2. The lowest BCUT2D eigenvalue weighted by Gasteiger charge is -2.52. The average molecular weight is 515 g/mol. The molecule has 39 heavy (non-hydrogen) atoms. The van der Waals surface area contributed by atoms with E-state index in [0.29, 0.717) is 23.7 Å². The first kappa shape index (κ1) is 23.4. The normalized spacial score (nSPS) is 24.5. The van der Waals surface area contributed by atoms with Crippen LogP contribution in [0.4, 0.5) is 11.4 Å². The number of carbonyl (C=O) groups is 2. The highest BCUT2D eigenvalue weighted by molar-refractivity contribution is 6.25. The van der Waals surface area contributed by atoms with Gasteiger partial charge in [0.2, 0.25) is 11.8 Å². The molecule has 3 aliphatic carbocycles. The highest BCUT2D eigenvalue weighted by Gasteiger charge is 2.67. The van der Waals surface area contributed by atoms with Crippen LogP contribution in [0.25, 0.3) is 0 Å². The molecular formula is C33H26N2O4. The number of benzene rings is 4. The standard InChI is InChI=1S/C33H26N2O4/c1-2-39-23-17-13-21(14-18-23)35-31(37)29-28-24-7-3-5-9-26(24)33(30(29)32(35)38,27-10-6-4-8-25(27)28)19-34-20-11-15-22(36)16-12-20/h3-19,28-30,36H,2H2,1H3. The van der Waals surface area contributed by atoms with Crippen LogP contribution in [-0.2, 0) is 15.0 Å². The molecule has 0 radical (unpaired) electrons. The molecule has 1 aliphatic heterocycles. The first-order valence-electron chi connectivity index (χ1n) is 13.2. The second-order valence-electron chi connectivity index (χ2n) is 10.2. The van der Waals surface area contributed by atoms with Gasteiger partial charge in [0.05, 0.1) is 35.2 Å². The first-order valence-corrected chi connectivity index (χ1v) is 13.2. The number of aliphatic imine (C=N–C) groups is 1. The Bertz CT molecular complexity index is 1590. The number of amides is 2. The fraction of sp³-hybridized carbons (Fsp3) is 0.182. The molecule has 1 heterocycles. The molecule has 6 nitrogen and oxygen atoms in total. The van der Waals surface area contributed by atoms with E-state index in [0.717, 1.165) is 22.3 Å². The van der Waals surface area contributed by atoms with Crippen molar-refractivity contribution < 1.29 is 19.4 Å². The minimum atomic E-state index is -0.933. The van der Waals surface area contributed by atoms with Crippen molar-refractivity contribution in [2.24, 2.45) is 16.8 Å². The topological polar surface area (TPSA) is 79.2 Å². The van der Waals surface area contributed by atoms with Gasteiger partial charge < -0.3 is 9.84 Å². The lowest BCUT2D eigenvalue weighted by atomic mass is 9.47. The van der Waals surface area contributed by atoms with Crippen LogP contribution in [0.1, 0.15) is 35.1 Å². The molecule has 2 atom stereocenters. The van der Waals surface area contributed by atoms with E-state index >= 15 is 0 Å². The van der Waals surface area contributed by atoms with E-state index < -0.39 is 17.3 Å². The summed E-state index contributed by atoms with van der Waals surface area (Å²) in [4.78, 5) is 34.8. The Morgan fingerprint density at radius 3 is 2.08 bits per heavy atom. The van der Waals surface area contributed by atoms with Crippen LogP contribution in [0, 0.1) is 11.8 Å². The molecule has 1 saturated heterocycles. The first-order chi connectivity index (χ1) is 19.0. The highest BCUT2D eigenvalue weighted by atomic mass is 16.5. The van der Waals surface area contributed by atoms with Crippen molar-refractivity contribution in [2.45, 2.75) is 18.3 Å². The molecule has 2 amide bonds. The van der Waals surface area contributed by atoms with E-state index in [4.69, 9.17) is 9.73 Å². The van der Waals surface area contributed by atoms with Gasteiger partial charge in [0.25, 0.3) is 0 Å². The van der Waals surface area contributed by atoms with E-state index in [2.05, 4.69) is 24.3 Å². The van der Waals surface area contributed by atoms with Crippen LogP contribution in [-0.4, -0.2) is 29.7 Å². The smallest absolute Gasteiger partial charge is 0.239 e. The SMILES string of the molecule is CCOc1ccc(N2C(=O)C3C4c5ccccc5C(C=Nc5ccc(O)cc5)(c5ccccc54)C3C2=O)cc1. The third-order valence-corrected chi connectivity index (χ3v) is 8.36. The Balaban J connectivity index is 1.44. The summed E-state index contributed by atoms with van der Waals surface area (Å²) in [6.45, 7) is 2.45. The summed E-state index contributed by atoms with van der Waals surface area (Å²) >= 11 is 0. The summed E-state index contributed by atoms with van der Waals surface area (Å²) in [6.07, 6.45) is 1.86. The average Bonchev–Trinajstić information content (AvgIpc) is 3.24. The van der Waals surface area contributed by atoms with Gasteiger partial charge in [0.1, 0.15) is 11.5 Å². The van der Waals surface area contributed by atoms with Crippen molar-refractivity contribution in [3.63, 3.8) is 0 Å².